The molecule has 3 aliphatic heterocycles. The number of Topliss-reactive ketones (excluding diaryl/α,β-unsaturated/α-hetero) is 1. The molecule has 268 valence electrons. The van der Waals surface area contributed by atoms with Crippen molar-refractivity contribution < 1.29 is 46.5 Å². The van der Waals surface area contributed by atoms with Crippen molar-refractivity contribution in [3.8, 4) is 23.0 Å². The first-order valence-corrected chi connectivity index (χ1v) is 17.4. The number of halogens is 4. The van der Waals surface area contributed by atoms with Crippen LogP contribution in [0.2, 0.25) is 5.02 Å². The SMILES string of the molecule is O=C1[C@@H]2[C@@H](C(=O)N1c1cc(C(F)(F)F)ccc1Cl)[C@]1(c3ccccc3)C(=O)[C@@]2(c2ccccc2)C(c2ccc3c(c2)OCO3)=C1c1ccc2c(c1)OCO2. The molecule has 54 heavy (non-hydrogen) atoms. The molecule has 1 saturated heterocycles. The lowest BCUT2D eigenvalue weighted by Gasteiger charge is -2.39. The summed E-state index contributed by atoms with van der Waals surface area (Å²) >= 11 is 6.55. The topological polar surface area (TPSA) is 91.4 Å². The molecule has 5 aromatic rings. The van der Waals surface area contributed by atoms with Crippen molar-refractivity contribution in [1.29, 1.82) is 0 Å². The molecule has 2 amide bonds. The lowest BCUT2D eigenvalue weighted by atomic mass is 9.59. The number of hydrogen-bond acceptors (Lipinski definition) is 7. The van der Waals surface area contributed by atoms with E-state index in [1.807, 2.05) is 0 Å². The van der Waals surface area contributed by atoms with Crippen molar-refractivity contribution in [2.75, 3.05) is 18.5 Å². The van der Waals surface area contributed by atoms with Crippen LogP contribution in [0.5, 0.6) is 23.0 Å². The van der Waals surface area contributed by atoms with Crippen LogP contribution in [0.1, 0.15) is 27.8 Å². The Labute approximate surface area is 310 Å². The Morgan fingerprint density at radius 3 is 1.52 bits per heavy atom. The molecule has 0 aromatic heterocycles. The molecule has 12 heteroatoms. The zero-order valence-electron chi connectivity index (χ0n) is 27.9. The van der Waals surface area contributed by atoms with Crippen molar-refractivity contribution in [3.05, 3.63) is 148 Å². The van der Waals surface area contributed by atoms with E-state index >= 15 is 14.4 Å². The molecule has 0 radical (unpaired) electrons. The number of fused-ring (bicyclic) bond motifs is 7. The summed E-state index contributed by atoms with van der Waals surface area (Å²) in [5, 5.41) is -0.231. The van der Waals surface area contributed by atoms with Crippen LogP contribution in [-0.2, 0) is 31.4 Å². The molecule has 10 rings (SSSR count). The number of ether oxygens (including phenoxy) is 4. The van der Waals surface area contributed by atoms with Gasteiger partial charge in [0, 0.05) is 0 Å². The van der Waals surface area contributed by atoms with Gasteiger partial charge in [-0.05, 0) is 75.9 Å². The summed E-state index contributed by atoms with van der Waals surface area (Å²) in [7, 11) is 0. The number of alkyl halides is 3. The van der Waals surface area contributed by atoms with E-state index < -0.39 is 57.7 Å². The third kappa shape index (κ3) is 4.07. The molecule has 0 unspecified atom stereocenters. The molecular weight excluding hydrogens is 723 g/mol. The zero-order chi connectivity index (χ0) is 37.1. The second-order valence-electron chi connectivity index (χ2n) is 13.7. The van der Waals surface area contributed by atoms with Gasteiger partial charge in [-0.1, -0.05) is 84.4 Å². The third-order valence-electron chi connectivity index (χ3n) is 11.3. The number of hydrogen-bond donors (Lipinski definition) is 0. The second-order valence-corrected chi connectivity index (χ2v) is 14.1. The summed E-state index contributed by atoms with van der Waals surface area (Å²) in [6, 6.07) is 30.5. The number of ketones is 1. The first-order valence-electron chi connectivity index (χ1n) is 17.0. The summed E-state index contributed by atoms with van der Waals surface area (Å²) in [6.07, 6.45) is -4.80. The van der Waals surface area contributed by atoms with E-state index in [9.17, 15) is 13.2 Å². The number of anilines is 1. The number of benzene rings is 5. The van der Waals surface area contributed by atoms with Gasteiger partial charge in [-0.3, -0.25) is 14.4 Å². The van der Waals surface area contributed by atoms with Gasteiger partial charge < -0.3 is 18.9 Å². The van der Waals surface area contributed by atoms with Crippen molar-refractivity contribution in [2.24, 2.45) is 11.8 Å². The molecule has 3 heterocycles. The van der Waals surface area contributed by atoms with Gasteiger partial charge in [0.1, 0.15) is 0 Å². The Bertz CT molecular complexity index is 2370. The van der Waals surface area contributed by atoms with Gasteiger partial charge in [0.05, 0.1) is 38.9 Å². The Balaban J connectivity index is 1.35. The normalized spacial score (nSPS) is 24.9. The molecule has 0 spiro atoms. The fraction of sp³-hybridized carbons (Fsp3) is 0.167. The monoisotopic (exact) mass is 747 g/mol. The highest BCUT2D eigenvalue weighted by molar-refractivity contribution is 6.41. The molecule has 2 fully saturated rings. The second kappa shape index (κ2) is 11.2. The van der Waals surface area contributed by atoms with E-state index in [0.29, 0.717) is 62.5 Å². The van der Waals surface area contributed by atoms with E-state index in [1.54, 1.807) is 97.1 Å². The quantitative estimate of drug-likeness (QED) is 0.168. The van der Waals surface area contributed by atoms with Crippen molar-refractivity contribution >= 4 is 46.0 Å². The number of nitrogens with zero attached hydrogens (tertiary/aromatic N) is 1. The van der Waals surface area contributed by atoms with E-state index in [4.69, 9.17) is 30.5 Å². The Hall–Kier alpha value is -6.07. The van der Waals surface area contributed by atoms with Gasteiger partial charge in [-0.2, -0.15) is 13.2 Å². The minimum atomic E-state index is -4.80. The molecule has 0 N–H and O–H groups in total. The van der Waals surface area contributed by atoms with Crippen molar-refractivity contribution in [3.63, 3.8) is 0 Å². The number of allylic oxidation sites excluding steroid dienone is 2. The van der Waals surface area contributed by atoms with E-state index in [0.717, 1.165) is 17.0 Å². The minimum Gasteiger partial charge on any atom is -0.454 e. The van der Waals surface area contributed by atoms with Crippen LogP contribution in [-0.4, -0.2) is 31.2 Å². The predicted octanol–water partition coefficient (Wildman–Crippen LogP) is 8.01. The lowest BCUT2D eigenvalue weighted by molar-refractivity contribution is -0.137. The first-order chi connectivity index (χ1) is 26.1. The maximum absolute atomic E-state index is 16.2. The smallest absolute Gasteiger partial charge is 0.416 e. The largest absolute Gasteiger partial charge is 0.454 e. The first kappa shape index (κ1) is 32.6. The van der Waals surface area contributed by atoms with Crippen LogP contribution in [0.25, 0.3) is 11.1 Å². The van der Waals surface area contributed by atoms with Crippen LogP contribution in [0, 0.1) is 11.8 Å². The molecule has 8 nitrogen and oxygen atoms in total. The summed E-state index contributed by atoms with van der Waals surface area (Å²) in [6.45, 7) is -0.0398. The van der Waals surface area contributed by atoms with Gasteiger partial charge in [-0.25, -0.2) is 4.90 Å². The third-order valence-corrected chi connectivity index (χ3v) is 11.6. The molecular formula is C42H25ClF3NO7. The zero-order valence-corrected chi connectivity index (χ0v) is 28.6. The molecule has 2 aliphatic carbocycles. The number of carbonyl (C=O) groups excluding carboxylic acids is 3. The highest BCUT2D eigenvalue weighted by Gasteiger charge is 2.83. The highest BCUT2D eigenvalue weighted by atomic mass is 35.5. The number of carbonyl (C=O) groups is 3. The Morgan fingerprint density at radius 1 is 0.593 bits per heavy atom. The number of amides is 2. The van der Waals surface area contributed by atoms with Crippen LogP contribution in [0.3, 0.4) is 0 Å². The van der Waals surface area contributed by atoms with Crippen LogP contribution < -0.4 is 23.8 Å². The van der Waals surface area contributed by atoms with Gasteiger partial charge in [0.2, 0.25) is 25.4 Å². The summed E-state index contributed by atoms with van der Waals surface area (Å²) in [4.78, 5) is 47.5. The predicted molar refractivity (Wildman–Crippen MR) is 189 cm³/mol. The average molecular weight is 748 g/mol. The van der Waals surface area contributed by atoms with Crippen LogP contribution >= 0.6 is 11.6 Å². The lowest BCUT2D eigenvalue weighted by Crippen LogP contribution is -2.45. The fourth-order valence-corrected chi connectivity index (χ4v) is 9.53. The van der Waals surface area contributed by atoms with Crippen LogP contribution in [0.15, 0.2) is 115 Å². The number of imide groups is 1. The average Bonchev–Trinajstić information content (AvgIpc) is 3.98. The Morgan fingerprint density at radius 2 is 1.06 bits per heavy atom. The highest BCUT2D eigenvalue weighted by Crippen LogP contribution is 2.75. The van der Waals surface area contributed by atoms with Gasteiger partial charge in [-0.15, -0.1) is 0 Å². The van der Waals surface area contributed by atoms with Gasteiger partial charge in [0.25, 0.3) is 0 Å². The number of rotatable bonds is 5. The van der Waals surface area contributed by atoms with Gasteiger partial charge >= 0.3 is 6.18 Å². The molecule has 5 aliphatic rings. The maximum Gasteiger partial charge on any atom is 0.416 e. The summed E-state index contributed by atoms with van der Waals surface area (Å²) in [5.41, 5.74) is -2.37. The van der Waals surface area contributed by atoms with Crippen molar-refractivity contribution in [2.45, 2.75) is 17.0 Å². The van der Waals surface area contributed by atoms with Gasteiger partial charge in [0.15, 0.2) is 28.8 Å². The fourth-order valence-electron chi connectivity index (χ4n) is 9.33. The van der Waals surface area contributed by atoms with E-state index in [1.165, 1.54) is 0 Å². The molecule has 5 aromatic carbocycles. The molecule has 2 bridgehead atoms. The summed E-state index contributed by atoms with van der Waals surface area (Å²) in [5.74, 6) is -3.10. The van der Waals surface area contributed by atoms with Crippen molar-refractivity contribution in [1.82, 2.24) is 0 Å². The standard InChI is InChI=1S/C42H25ClF3NO7/c43-27-14-13-26(42(44,45)46)19-28(27)47-37(48)35-36(38(47)49)41(25-9-5-2-6-10-25)34(23-12-16-30-32(18-23)54-21-52-30)33(22-11-15-29-31(17-22)53-20-51-29)40(35,39(41)50)24-7-3-1-4-8-24/h1-19,35-36H,20-21H2/t35-,36-,40-,41+/m0/s1. The maximum atomic E-state index is 16.2. The Kier molecular flexibility index (Phi) is 6.77. The summed E-state index contributed by atoms with van der Waals surface area (Å²) < 4.78 is 65.2. The molecule has 1 saturated carbocycles. The molecule has 4 atom stereocenters. The van der Waals surface area contributed by atoms with E-state index in [2.05, 4.69) is 0 Å². The minimum absolute atomic E-state index is 0.0199. The van der Waals surface area contributed by atoms with Crippen LogP contribution in [0.4, 0.5) is 18.9 Å². The van der Waals surface area contributed by atoms with E-state index in [-0.39, 0.29) is 18.6 Å².